The second-order valence-electron chi connectivity index (χ2n) is 3.06. The van der Waals surface area contributed by atoms with Crippen LogP contribution in [0.3, 0.4) is 0 Å². The average molecular weight is 245 g/mol. The number of thioether (sulfide) groups is 1. The summed E-state index contributed by atoms with van der Waals surface area (Å²) in [7, 11) is 1.62. The molecule has 0 heterocycles. The smallest absolute Gasteiger partial charge is 0.232 e. The van der Waals surface area contributed by atoms with Gasteiger partial charge in [-0.15, -0.1) is 11.8 Å². The lowest BCUT2D eigenvalue weighted by Crippen LogP contribution is -2.27. The number of nitrogens with one attached hydrogen (secondary N) is 1. The number of anilines is 1. The van der Waals surface area contributed by atoms with Crippen LogP contribution in [0.2, 0.25) is 5.02 Å². The van der Waals surface area contributed by atoms with Gasteiger partial charge < -0.3 is 11.1 Å². The number of carbonyl (C=O) groups is 1. The monoisotopic (exact) mass is 244 g/mol. The van der Waals surface area contributed by atoms with Gasteiger partial charge in [-0.2, -0.15) is 0 Å². The summed E-state index contributed by atoms with van der Waals surface area (Å²) in [5.74, 6) is -0.00653. The van der Waals surface area contributed by atoms with Crippen molar-refractivity contribution in [2.75, 3.05) is 12.8 Å². The average Bonchev–Trinajstić information content (AvgIpc) is 2.22. The summed E-state index contributed by atoms with van der Waals surface area (Å²) < 4.78 is 0. The van der Waals surface area contributed by atoms with E-state index >= 15 is 0 Å². The predicted molar refractivity (Wildman–Crippen MR) is 65.3 cm³/mol. The van der Waals surface area contributed by atoms with Gasteiger partial charge in [-0.3, -0.25) is 4.79 Å². The number of nitrogen functional groups attached to an aromatic ring is 1. The Morgan fingerprint density at radius 1 is 1.60 bits per heavy atom. The number of halogens is 1. The number of nitrogens with two attached hydrogens (primary N) is 1. The van der Waals surface area contributed by atoms with Crippen LogP contribution in [0.25, 0.3) is 0 Å². The molecule has 0 aliphatic carbocycles. The minimum Gasteiger partial charge on any atom is -0.398 e. The van der Waals surface area contributed by atoms with E-state index in [0.29, 0.717) is 10.7 Å². The third-order valence-corrected chi connectivity index (χ3v) is 3.32. The lowest BCUT2D eigenvalue weighted by molar-refractivity contribution is -0.119. The molecule has 0 fully saturated rings. The van der Waals surface area contributed by atoms with Gasteiger partial charge in [0.1, 0.15) is 0 Å². The van der Waals surface area contributed by atoms with Crippen LogP contribution in [-0.2, 0) is 4.79 Å². The van der Waals surface area contributed by atoms with Crippen LogP contribution < -0.4 is 11.1 Å². The van der Waals surface area contributed by atoms with Gasteiger partial charge in [-0.05, 0) is 25.1 Å². The summed E-state index contributed by atoms with van der Waals surface area (Å²) in [6.07, 6.45) is 0. The number of hydrogen-bond donors (Lipinski definition) is 2. The molecule has 1 aromatic rings. The molecule has 1 atom stereocenters. The minimum absolute atomic E-state index is 0.00653. The van der Waals surface area contributed by atoms with E-state index in [0.717, 1.165) is 4.90 Å². The van der Waals surface area contributed by atoms with Crippen LogP contribution in [0.1, 0.15) is 6.92 Å². The quantitative estimate of drug-likeness (QED) is 0.633. The van der Waals surface area contributed by atoms with E-state index in [1.54, 1.807) is 19.2 Å². The molecular formula is C10H13ClN2OS. The van der Waals surface area contributed by atoms with Gasteiger partial charge >= 0.3 is 0 Å². The summed E-state index contributed by atoms with van der Waals surface area (Å²) in [5, 5.41) is 2.97. The highest BCUT2D eigenvalue weighted by atomic mass is 35.5. The van der Waals surface area contributed by atoms with Gasteiger partial charge in [-0.1, -0.05) is 11.6 Å². The highest BCUT2D eigenvalue weighted by Crippen LogP contribution is 2.28. The van der Waals surface area contributed by atoms with E-state index in [9.17, 15) is 4.79 Å². The summed E-state index contributed by atoms with van der Waals surface area (Å²) in [6.45, 7) is 1.84. The molecule has 82 valence electrons. The van der Waals surface area contributed by atoms with Crippen LogP contribution in [0, 0.1) is 0 Å². The molecule has 5 heteroatoms. The normalized spacial score (nSPS) is 12.2. The highest BCUT2D eigenvalue weighted by molar-refractivity contribution is 8.00. The first-order valence-electron chi connectivity index (χ1n) is 4.48. The number of benzene rings is 1. The molecule has 0 saturated heterocycles. The molecule has 1 unspecified atom stereocenters. The maximum absolute atomic E-state index is 11.3. The maximum atomic E-state index is 11.3. The molecular weight excluding hydrogens is 232 g/mol. The summed E-state index contributed by atoms with van der Waals surface area (Å²) >= 11 is 7.32. The summed E-state index contributed by atoms with van der Waals surface area (Å²) in [6, 6.07) is 5.35. The van der Waals surface area contributed by atoms with Gasteiger partial charge in [0.2, 0.25) is 5.91 Å². The van der Waals surface area contributed by atoms with Crippen LogP contribution in [0.15, 0.2) is 23.1 Å². The number of rotatable bonds is 3. The molecule has 0 saturated carbocycles. The molecule has 15 heavy (non-hydrogen) atoms. The Morgan fingerprint density at radius 2 is 2.27 bits per heavy atom. The Balaban J connectivity index is 2.73. The van der Waals surface area contributed by atoms with Crippen LogP contribution in [0.5, 0.6) is 0 Å². The zero-order valence-corrected chi connectivity index (χ0v) is 10.2. The lowest BCUT2D eigenvalue weighted by atomic mass is 10.3. The molecule has 1 aromatic carbocycles. The Bertz CT molecular complexity index is 370. The molecule has 0 aliphatic rings. The fourth-order valence-corrected chi connectivity index (χ4v) is 2.25. The largest absolute Gasteiger partial charge is 0.398 e. The topological polar surface area (TPSA) is 55.1 Å². The van der Waals surface area contributed by atoms with Gasteiger partial charge in [0, 0.05) is 11.9 Å². The van der Waals surface area contributed by atoms with Crippen molar-refractivity contribution in [2.24, 2.45) is 0 Å². The lowest BCUT2D eigenvalue weighted by Gasteiger charge is -2.10. The molecule has 0 bridgehead atoms. The maximum Gasteiger partial charge on any atom is 0.232 e. The van der Waals surface area contributed by atoms with Gasteiger partial charge in [0.15, 0.2) is 0 Å². The second-order valence-corrected chi connectivity index (χ2v) is 4.88. The fraction of sp³-hybridized carbons (Fsp3) is 0.300. The van der Waals surface area contributed by atoms with Crippen LogP contribution in [-0.4, -0.2) is 18.2 Å². The third-order valence-electron chi connectivity index (χ3n) is 1.90. The number of amides is 1. The molecule has 1 rings (SSSR count). The Hall–Kier alpha value is -0.870. The molecule has 0 radical (unpaired) electrons. The number of carbonyl (C=O) groups excluding carboxylic acids is 1. The van der Waals surface area contributed by atoms with Crippen molar-refractivity contribution in [3.63, 3.8) is 0 Å². The van der Waals surface area contributed by atoms with Crippen molar-refractivity contribution in [1.29, 1.82) is 0 Å². The Labute approximate surface area is 98.4 Å². The minimum atomic E-state index is -0.144. The van der Waals surface area contributed by atoms with Crippen molar-refractivity contribution in [3.05, 3.63) is 23.2 Å². The Kier molecular flexibility index (Phi) is 4.29. The van der Waals surface area contributed by atoms with Gasteiger partial charge in [-0.25, -0.2) is 0 Å². The molecule has 1 amide bonds. The van der Waals surface area contributed by atoms with Crippen LogP contribution in [0.4, 0.5) is 5.69 Å². The SMILES string of the molecule is CNC(=O)C(C)Sc1ccc(N)c(Cl)c1. The zero-order valence-electron chi connectivity index (χ0n) is 8.58. The van der Waals surface area contributed by atoms with Crippen LogP contribution >= 0.6 is 23.4 Å². The summed E-state index contributed by atoms with van der Waals surface area (Å²) in [5.41, 5.74) is 6.13. The van der Waals surface area contributed by atoms with E-state index in [4.69, 9.17) is 17.3 Å². The van der Waals surface area contributed by atoms with E-state index in [2.05, 4.69) is 5.32 Å². The third kappa shape index (κ3) is 3.32. The molecule has 3 N–H and O–H groups in total. The van der Waals surface area contributed by atoms with Crippen molar-refractivity contribution in [2.45, 2.75) is 17.1 Å². The molecule has 0 spiro atoms. The Morgan fingerprint density at radius 3 is 2.80 bits per heavy atom. The molecule has 0 aromatic heterocycles. The van der Waals surface area contributed by atoms with Crippen molar-refractivity contribution in [1.82, 2.24) is 5.32 Å². The van der Waals surface area contributed by atoms with Crippen molar-refractivity contribution >= 4 is 35.0 Å². The molecule has 3 nitrogen and oxygen atoms in total. The van der Waals surface area contributed by atoms with E-state index in [1.165, 1.54) is 11.8 Å². The van der Waals surface area contributed by atoms with Gasteiger partial charge in [0.25, 0.3) is 0 Å². The first kappa shape index (κ1) is 12.2. The second kappa shape index (κ2) is 5.28. The highest BCUT2D eigenvalue weighted by Gasteiger charge is 2.12. The fourth-order valence-electron chi connectivity index (χ4n) is 1.04. The molecule has 0 aliphatic heterocycles. The van der Waals surface area contributed by atoms with Crippen molar-refractivity contribution in [3.8, 4) is 0 Å². The van der Waals surface area contributed by atoms with E-state index in [-0.39, 0.29) is 11.2 Å². The predicted octanol–water partition coefficient (Wildman–Crippen LogP) is 2.15. The summed E-state index contributed by atoms with van der Waals surface area (Å²) in [4.78, 5) is 12.2. The van der Waals surface area contributed by atoms with E-state index < -0.39 is 0 Å². The number of hydrogen-bond acceptors (Lipinski definition) is 3. The van der Waals surface area contributed by atoms with E-state index in [1.807, 2.05) is 13.0 Å². The zero-order chi connectivity index (χ0) is 11.4. The standard InChI is InChI=1S/C10H13ClN2OS/c1-6(10(14)13-2)15-7-3-4-9(12)8(11)5-7/h3-6H,12H2,1-2H3,(H,13,14). The van der Waals surface area contributed by atoms with Gasteiger partial charge in [0.05, 0.1) is 16.0 Å². The van der Waals surface area contributed by atoms with Crippen molar-refractivity contribution < 1.29 is 4.79 Å². The first-order chi connectivity index (χ1) is 7.04. The first-order valence-corrected chi connectivity index (χ1v) is 5.73.